The summed E-state index contributed by atoms with van der Waals surface area (Å²) in [5, 5.41) is 11.8. The van der Waals surface area contributed by atoms with Crippen LogP contribution in [-0.4, -0.2) is 109 Å². The van der Waals surface area contributed by atoms with Crippen LogP contribution in [-0.2, 0) is 4.79 Å². The van der Waals surface area contributed by atoms with Crippen molar-refractivity contribution < 1.29 is 14.3 Å². The number of anilines is 1. The molecule has 10 heteroatoms. The summed E-state index contributed by atoms with van der Waals surface area (Å²) in [5.41, 5.74) is 1.78. The van der Waals surface area contributed by atoms with Crippen LogP contribution in [0.25, 0.3) is 11.3 Å². The number of ether oxygens (including phenoxy) is 1. The zero-order valence-corrected chi connectivity index (χ0v) is 23.4. The fourth-order valence-electron chi connectivity index (χ4n) is 4.47. The second-order valence-corrected chi connectivity index (χ2v) is 9.41. The van der Waals surface area contributed by atoms with Gasteiger partial charge in [0.1, 0.15) is 12.3 Å². The molecule has 1 fully saturated rings. The standard InChI is InChI=1S/C28H43N7O3/c1-5-15-29-28(37)35(19-18-32(6-2)7-3)22-27(36)34-17-8-16-33(20-21-34)26-14-13-25(30-31-26)23-9-11-24(38-4)12-10-23/h9-14H,5-8,15-22H2,1-4H3,(H,29,37). The zero-order chi connectivity index (χ0) is 27.3. The molecule has 1 aliphatic heterocycles. The summed E-state index contributed by atoms with van der Waals surface area (Å²) in [7, 11) is 1.65. The van der Waals surface area contributed by atoms with Crippen molar-refractivity contribution >= 4 is 17.8 Å². The third kappa shape index (κ3) is 8.31. The van der Waals surface area contributed by atoms with Gasteiger partial charge in [0, 0.05) is 51.4 Å². The van der Waals surface area contributed by atoms with E-state index < -0.39 is 0 Å². The van der Waals surface area contributed by atoms with E-state index in [1.54, 1.807) is 12.0 Å². The van der Waals surface area contributed by atoms with Gasteiger partial charge in [0.25, 0.3) is 0 Å². The number of carbonyl (C=O) groups is 2. The number of urea groups is 1. The van der Waals surface area contributed by atoms with E-state index in [-0.39, 0.29) is 18.5 Å². The molecule has 0 atom stereocenters. The summed E-state index contributed by atoms with van der Waals surface area (Å²) >= 11 is 0. The van der Waals surface area contributed by atoms with Crippen molar-refractivity contribution in [2.45, 2.75) is 33.6 Å². The molecule has 1 N–H and O–H groups in total. The van der Waals surface area contributed by atoms with Gasteiger partial charge in [-0.1, -0.05) is 20.8 Å². The van der Waals surface area contributed by atoms with Crippen LogP contribution in [0, 0.1) is 0 Å². The molecule has 38 heavy (non-hydrogen) atoms. The van der Waals surface area contributed by atoms with Crippen molar-refractivity contribution in [2.24, 2.45) is 0 Å². The quantitative estimate of drug-likeness (QED) is 0.455. The van der Waals surface area contributed by atoms with Gasteiger partial charge >= 0.3 is 6.03 Å². The highest BCUT2D eigenvalue weighted by molar-refractivity contribution is 5.84. The first-order valence-corrected chi connectivity index (χ1v) is 13.7. The predicted molar refractivity (Wildman–Crippen MR) is 150 cm³/mol. The van der Waals surface area contributed by atoms with Crippen LogP contribution in [0.2, 0.25) is 0 Å². The SMILES string of the molecule is CCCNC(=O)N(CCN(CC)CC)CC(=O)N1CCCN(c2ccc(-c3ccc(OC)cc3)nn2)CC1. The molecule has 1 aromatic carbocycles. The third-order valence-electron chi connectivity index (χ3n) is 6.93. The van der Waals surface area contributed by atoms with Gasteiger partial charge in [-0.25, -0.2) is 4.79 Å². The topological polar surface area (TPSA) is 94.1 Å². The Morgan fingerprint density at radius 3 is 2.34 bits per heavy atom. The van der Waals surface area contributed by atoms with Crippen molar-refractivity contribution in [3.05, 3.63) is 36.4 Å². The highest BCUT2D eigenvalue weighted by Crippen LogP contribution is 2.22. The number of methoxy groups -OCH3 is 1. The van der Waals surface area contributed by atoms with Gasteiger partial charge < -0.3 is 29.7 Å². The smallest absolute Gasteiger partial charge is 0.317 e. The first-order chi connectivity index (χ1) is 18.5. The van der Waals surface area contributed by atoms with Gasteiger partial charge in [0.2, 0.25) is 5.91 Å². The average Bonchev–Trinajstić information content (AvgIpc) is 3.22. The van der Waals surface area contributed by atoms with Crippen LogP contribution >= 0.6 is 0 Å². The van der Waals surface area contributed by atoms with E-state index in [9.17, 15) is 9.59 Å². The minimum atomic E-state index is -0.170. The van der Waals surface area contributed by atoms with Crippen LogP contribution in [0.3, 0.4) is 0 Å². The van der Waals surface area contributed by atoms with Gasteiger partial charge in [-0.3, -0.25) is 4.79 Å². The Bertz CT molecular complexity index is 997. The predicted octanol–water partition coefficient (Wildman–Crippen LogP) is 2.95. The van der Waals surface area contributed by atoms with Gasteiger partial charge in [0.15, 0.2) is 5.82 Å². The number of nitrogens with zero attached hydrogens (tertiary/aromatic N) is 6. The fraction of sp³-hybridized carbons (Fsp3) is 0.571. The summed E-state index contributed by atoms with van der Waals surface area (Å²) < 4.78 is 5.22. The van der Waals surface area contributed by atoms with Gasteiger partial charge in [-0.05, 0) is 62.3 Å². The number of nitrogens with one attached hydrogen (secondary N) is 1. The lowest BCUT2D eigenvalue weighted by Gasteiger charge is -2.29. The van der Waals surface area contributed by atoms with Crippen molar-refractivity contribution in [1.29, 1.82) is 0 Å². The monoisotopic (exact) mass is 525 g/mol. The Morgan fingerprint density at radius 1 is 0.947 bits per heavy atom. The molecular weight excluding hydrogens is 482 g/mol. The number of amides is 3. The molecule has 10 nitrogen and oxygen atoms in total. The van der Waals surface area contributed by atoms with Gasteiger partial charge in [0.05, 0.1) is 12.8 Å². The molecule has 0 saturated carbocycles. The lowest BCUT2D eigenvalue weighted by atomic mass is 10.1. The fourth-order valence-corrected chi connectivity index (χ4v) is 4.47. The van der Waals surface area contributed by atoms with E-state index in [1.807, 2.05) is 48.2 Å². The van der Waals surface area contributed by atoms with Crippen molar-refractivity contribution in [3.63, 3.8) is 0 Å². The van der Waals surface area contributed by atoms with Crippen molar-refractivity contribution in [1.82, 2.24) is 30.2 Å². The second kappa shape index (κ2) is 15.1. The zero-order valence-electron chi connectivity index (χ0n) is 23.4. The molecule has 1 saturated heterocycles. The Labute approximate surface area is 226 Å². The molecule has 0 unspecified atom stereocenters. The van der Waals surface area contributed by atoms with Crippen LogP contribution < -0.4 is 15.0 Å². The minimum Gasteiger partial charge on any atom is -0.497 e. The summed E-state index contributed by atoms with van der Waals surface area (Å²) in [6, 6.07) is 11.5. The molecule has 0 radical (unpaired) electrons. The lowest BCUT2D eigenvalue weighted by molar-refractivity contribution is -0.131. The number of benzene rings is 1. The molecular formula is C28H43N7O3. The molecule has 0 aliphatic carbocycles. The molecule has 0 spiro atoms. The Hall–Kier alpha value is -3.40. The first-order valence-electron chi connectivity index (χ1n) is 13.7. The van der Waals surface area contributed by atoms with Crippen LogP contribution in [0.5, 0.6) is 5.75 Å². The lowest BCUT2D eigenvalue weighted by Crippen LogP contribution is -2.49. The van der Waals surface area contributed by atoms with E-state index in [0.717, 1.165) is 61.8 Å². The molecule has 208 valence electrons. The Morgan fingerprint density at radius 2 is 1.71 bits per heavy atom. The third-order valence-corrected chi connectivity index (χ3v) is 6.93. The van der Waals surface area contributed by atoms with Crippen LogP contribution in [0.1, 0.15) is 33.6 Å². The van der Waals surface area contributed by atoms with Gasteiger partial charge in [-0.15, -0.1) is 10.2 Å². The van der Waals surface area contributed by atoms with Crippen molar-refractivity contribution in [3.8, 4) is 17.0 Å². The molecule has 3 rings (SSSR count). The summed E-state index contributed by atoms with van der Waals surface area (Å²) in [6.45, 7) is 12.7. The highest BCUT2D eigenvalue weighted by Gasteiger charge is 2.24. The summed E-state index contributed by atoms with van der Waals surface area (Å²) in [6.07, 6.45) is 1.69. The number of rotatable bonds is 12. The number of likely N-dealkylation sites (N-methyl/N-ethyl adjacent to an activating group) is 1. The van der Waals surface area contributed by atoms with E-state index in [2.05, 4.69) is 39.2 Å². The molecule has 3 amide bonds. The summed E-state index contributed by atoms with van der Waals surface area (Å²) in [5.74, 6) is 1.59. The number of carbonyl (C=O) groups excluding carboxylic acids is 2. The van der Waals surface area contributed by atoms with Crippen molar-refractivity contribution in [2.75, 3.05) is 77.5 Å². The average molecular weight is 526 g/mol. The van der Waals surface area contributed by atoms with Crippen LogP contribution in [0.4, 0.5) is 10.6 Å². The molecule has 2 heterocycles. The number of hydrogen-bond donors (Lipinski definition) is 1. The maximum atomic E-state index is 13.2. The molecule has 0 bridgehead atoms. The largest absolute Gasteiger partial charge is 0.497 e. The number of aromatic nitrogens is 2. The number of hydrogen-bond acceptors (Lipinski definition) is 7. The summed E-state index contributed by atoms with van der Waals surface area (Å²) in [4.78, 5) is 34.0. The van der Waals surface area contributed by atoms with E-state index in [0.29, 0.717) is 32.7 Å². The van der Waals surface area contributed by atoms with E-state index in [1.165, 1.54) is 0 Å². The second-order valence-electron chi connectivity index (χ2n) is 9.41. The maximum absolute atomic E-state index is 13.2. The highest BCUT2D eigenvalue weighted by atomic mass is 16.5. The molecule has 1 aromatic heterocycles. The van der Waals surface area contributed by atoms with Crippen LogP contribution in [0.15, 0.2) is 36.4 Å². The maximum Gasteiger partial charge on any atom is 0.317 e. The molecule has 1 aliphatic rings. The first kappa shape index (κ1) is 29.2. The molecule has 2 aromatic rings. The Balaban J connectivity index is 1.58. The van der Waals surface area contributed by atoms with E-state index in [4.69, 9.17) is 4.74 Å². The minimum absolute atomic E-state index is 0.0148. The van der Waals surface area contributed by atoms with Gasteiger partial charge in [-0.2, -0.15) is 0 Å². The normalized spacial score (nSPS) is 13.8. The van der Waals surface area contributed by atoms with E-state index >= 15 is 0 Å². The Kier molecular flexibility index (Phi) is 11.6.